The molecule has 10 nitrogen and oxygen atoms in total. The van der Waals surface area contributed by atoms with Gasteiger partial charge in [-0.05, 0) is 12.8 Å². The summed E-state index contributed by atoms with van der Waals surface area (Å²) in [6.45, 7) is -0.112. The van der Waals surface area contributed by atoms with E-state index in [9.17, 15) is 8.42 Å². The van der Waals surface area contributed by atoms with Crippen LogP contribution in [0.15, 0.2) is 12.7 Å². The summed E-state index contributed by atoms with van der Waals surface area (Å²) in [4.78, 5) is 12.2. The van der Waals surface area contributed by atoms with Crippen LogP contribution in [0.3, 0.4) is 0 Å². The van der Waals surface area contributed by atoms with Crippen molar-refractivity contribution in [1.29, 1.82) is 0 Å². The molecule has 1 aliphatic heterocycles. The minimum atomic E-state index is -3.96. The highest BCUT2D eigenvalue weighted by Gasteiger charge is 2.29. The van der Waals surface area contributed by atoms with E-state index < -0.39 is 10.3 Å². The predicted molar refractivity (Wildman–Crippen MR) is 71.9 cm³/mol. The lowest BCUT2D eigenvalue weighted by atomic mass is 10.2. The Balaban J connectivity index is 1.75. The molecule has 0 radical (unpaired) electrons. The van der Waals surface area contributed by atoms with Crippen LogP contribution < -0.4 is 10.9 Å². The number of imidazole rings is 1. The normalized spacial score (nSPS) is 22.9. The molecule has 4 N–H and O–H groups in total. The molecule has 3 heterocycles. The molecular formula is C10H14N6O4S. The van der Waals surface area contributed by atoms with Gasteiger partial charge in [0.25, 0.3) is 0 Å². The van der Waals surface area contributed by atoms with Gasteiger partial charge in [0.05, 0.1) is 19.0 Å². The summed E-state index contributed by atoms with van der Waals surface area (Å²) in [6, 6.07) is 0. The molecule has 2 aromatic heterocycles. The SMILES string of the molecule is Nc1ncnc2c1ncn2[C@H]1CC[C@@H](COS(N)(=O)=O)O1. The number of nitrogen functional groups attached to an aromatic ring is 1. The van der Waals surface area contributed by atoms with Crippen LogP contribution in [0.5, 0.6) is 0 Å². The van der Waals surface area contributed by atoms with Gasteiger partial charge in [0, 0.05) is 0 Å². The van der Waals surface area contributed by atoms with E-state index in [-0.39, 0.29) is 18.9 Å². The Bertz CT molecular complexity index is 760. The Morgan fingerprint density at radius 3 is 2.95 bits per heavy atom. The second-order valence-electron chi connectivity index (χ2n) is 4.65. The molecule has 0 aromatic carbocycles. The highest BCUT2D eigenvalue weighted by Crippen LogP contribution is 2.31. The number of ether oxygens (including phenoxy) is 1. The van der Waals surface area contributed by atoms with Crippen molar-refractivity contribution >= 4 is 27.3 Å². The van der Waals surface area contributed by atoms with E-state index in [0.717, 1.165) is 0 Å². The van der Waals surface area contributed by atoms with Crippen molar-refractivity contribution in [2.75, 3.05) is 12.3 Å². The van der Waals surface area contributed by atoms with Gasteiger partial charge in [0.1, 0.15) is 18.1 Å². The van der Waals surface area contributed by atoms with Gasteiger partial charge in [-0.3, -0.25) is 8.75 Å². The van der Waals surface area contributed by atoms with E-state index in [4.69, 9.17) is 15.6 Å². The third-order valence-corrected chi connectivity index (χ3v) is 3.67. The van der Waals surface area contributed by atoms with Gasteiger partial charge in [-0.1, -0.05) is 0 Å². The van der Waals surface area contributed by atoms with Crippen LogP contribution in [0.1, 0.15) is 19.1 Å². The molecule has 3 rings (SSSR count). The van der Waals surface area contributed by atoms with E-state index in [2.05, 4.69) is 19.1 Å². The standard InChI is InChI=1S/C10H14N6O4S/c11-9-8-10(14-4-13-9)16(5-15-8)7-2-1-6(20-7)3-19-21(12,17)18/h4-7H,1-3H2,(H2,11,13,14)(H2,12,17,18)/t6-,7+/m0/s1. The molecule has 11 heteroatoms. The summed E-state index contributed by atoms with van der Waals surface area (Å²) in [5.74, 6) is 0.297. The number of anilines is 1. The summed E-state index contributed by atoms with van der Waals surface area (Å²) in [7, 11) is -3.96. The summed E-state index contributed by atoms with van der Waals surface area (Å²) < 4.78 is 33.5. The molecule has 1 saturated heterocycles. The maximum absolute atomic E-state index is 10.8. The first-order valence-corrected chi connectivity index (χ1v) is 7.67. The Labute approximate surface area is 120 Å². The molecule has 0 aliphatic carbocycles. The summed E-state index contributed by atoms with van der Waals surface area (Å²) in [5, 5.41) is 4.78. The van der Waals surface area contributed by atoms with Gasteiger partial charge in [-0.15, -0.1) is 0 Å². The van der Waals surface area contributed by atoms with Crippen LogP contribution in [0.25, 0.3) is 11.2 Å². The van der Waals surface area contributed by atoms with Crippen LogP contribution in [-0.2, 0) is 19.2 Å². The zero-order chi connectivity index (χ0) is 15.0. The quantitative estimate of drug-likeness (QED) is 0.753. The maximum Gasteiger partial charge on any atom is 0.333 e. The fourth-order valence-corrected chi connectivity index (χ4v) is 2.61. The molecule has 0 bridgehead atoms. The largest absolute Gasteiger partial charge is 0.382 e. The van der Waals surface area contributed by atoms with Gasteiger partial charge in [0.15, 0.2) is 11.5 Å². The second-order valence-corrected chi connectivity index (χ2v) is 5.87. The fourth-order valence-electron chi connectivity index (χ4n) is 2.27. The topological polar surface area (TPSA) is 148 Å². The van der Waals surface area contributed by atoms with E-state index in [0.29, 0.717) is 29.8 Å². The number of fused-ring (bicyclic) bond motifs is 1. The molecule has 0 spiro atoms. The van der Waals surface area contributed by atoms with Gasteiger partial charge >= 0.3 is 10.3 Å². The van der Waals surface area contributed by atoms with E-state index in [1.54, 1.807) is 10.9 Å². The number of rotatable bonds is 4. The lowest BCUT2D eigenvalue weighted by Crippen LogP contribution is -2.23. The smallest absolute Gasteiger partial charge is 0.333 e. The van der Waals surface area contributed by atoms with Crippen molar-refractivity contribution in [3.63, 3.8) is 0 Å². The Hall–Kier alpha value is -1.82. The van der Waals surface area contributed by atoms with Crippen molar-refractivity contribution in [2.24, 2.45) is 5.14 Å². The average Bonchev–Trinajstić information content (AvgIpc) is 3.02. The molecule has 0 saturated carbocycles. The van der Waals surface area contributed by atoms with Crippen molar-refractivity contribution in [2.45, 2.75) is 25.2 Å². The second kappa shape index (κ2) is 5.18. The van der Waals surface area contributed by atoms with Crippen LogP contribution in [0, 0.1) is 0 Å². The average molecular weight is 314 g/mol. The molecule has 114 valence electrons. The third-order valence-electron chi connectivity index (χ3n) is 3.20. The number of nitrogens with two attached hydrogens (primary N) is 2. The highest BCUT2D eigenvalue weighted by atomic mass is 32.2. The molecule has 2 aromatic rings. The van der Waals surface area contributed by atoms with Crippen molar-refractivity contribution in [3.8, 4) is 0 Å². The highest BCUT2D eigenvalue weighted by molar-refractivity contribution is 7.84. The molecule has 1 aliphatic rings. The number of nitrogens with zero attached hydrogens (tertiary/aromatic N) is 4. The van der Waals surface area contributed by atoms with Crippen LogP contribution in [0.2, 0.25) is 0 Å². The zero-order valence-electron chi connectivity index (χ0n) is 10.9. The molecular weight excluding hydrogens is 300 g/mol. The number of aromatic nitrogens is 4. The van der Waals surface area contributed by atoms with E-state index in [1.807, 2.05) is 0 Å². The van der Waals surface area contributed by atoms with Crippen LogP contribution in [-0.4, -0.2) is 40.6 Å². The van der Waals surface area contributed by atoms with Crippen LogP contribution in [0.4, 0.5) is 5.82 Å². The monoisotopic (exact) mass is 314 g/mol. The Kier molecular flexibility index (Phi) is 3.49. The fraction of sp³-hybridized carbons (Fsp3) is 0.500. The third kappa shape index (κ3) is 2.95. The minimum absolute atomic E-state index is 0.112. The summed E-state index contributed by atoms with van der Waals surface area (Å²) >= 11 is 0. The molecule has 1 fully saturated rings. The minimum Gasteiger partial charge on any atom is -0.382 e. The lowest BCUT2D eigenvalue weighted by Gasteiger charge is -2.14. The van der Waals surface area contributed by atoms with Crippen molar-refractivity contribution < 1.29 is 17.3 Å². The molecule has 21 heavy (non-hydrogen) atoms. The van der Waals surface area contributed by atoms with Gasteiger partial charge < -0.3 is 10.5 Å². The van der Waals surface area contributed by atoms with Crippen LogP contribution >= 0.6 is 0 Å². The number of hydrogen-bond donors (Lipinski definition) is 2. The lowest BCUT2D eigenvalue weighted by molar-refractivity contribution is -0.0149. The first-order valence-electron chi connectivity index (χ1n) is 6.19. The summed E-state index contributed by atoms with van der Waals surface area (Å²) in [6.07, 6.45) is 3.58. The van der Waals surface area contributed by atoms with Crippen molar-refractivity contribution in [3.05, 3.63) is 12.7 Å². The first kappa shape index (κ1) is 14.1. The molecule has 0 amide bonds. The Morgan fingerprint density at radius 2 is 2.19 bits per heavy atom. The van der Waals surface area contributed by atoms with Gasteiger partial charge in [-0.2, -0.15) is 8.42 Å². The number of hydrogen-bond acceptors (Lipinski definition) is 8. The zero-order valence-corrected chi connectivity index (χ0v) is 11.7. The Morgan fingerprint density at radius 1 is 1.38 bits per heavy atom. The van der Waals surface area contributed by atoms with Gasteiger partial charge in [-0.25, -0.2) is 20.1 Å². The summed E-state index contributed by atoms with van der Waals surface area (Å²) in [5.41, 5.74) is 6.80. The maximum atomic E-state index is 10.8. The molecule has 2 atom stereocenters. The van der Waals surface area contributed by atoms with Crippen molar-refractivity contribution in [1.82, 2.24) is 19.5 Å². The predicted octanol–water partition coefficient (Wildman–Crippen LogP) is -0.694. The van der Waals surface area contributed by atoms with Gasteiger partial charge in [0.2, 0.25) is 0 Å². The van der Waals surface area contributed by atoms with E-state index >= 15 is 0 Å². The van der Waals surface area contributed by atoms with E-state index in [1.165, 1.54) is 6.33 Å². The molecule has 0 unspecified atom stereocenters. The first-order chi connectivity index (χ1) is 9.94.